The summed E-state index contributed by atoms with van der Waals surface area (Å²) in [6, 6.07) is 14.3. The third kappa shape index (κ3) is 3.41. The van der Waals surface area contributed by atoms with Crippen molar-refractivity contribution in [1.82, 2.24) is 0 Å². The molecule has 0 aliphatic carbocycles. The molecule has 0 fully saturated rings. The molecule has 3 rings (SSSR count). The number of nitro groups is 1. The Morgan fingerprint density at radius 3 is 2.42 bits per heavy atom. The van der Waals surface area contributed by atoms with E-state index in [1.54, 1.807) is 29.0 Å². The summed E-state index contributed by atoms with van der Waals surface area (Å²) < 4.78 is 1.66. The number of fused-ring (bicyclic) bond motifs is 1. The molecule has 2 aromatic carbocycles. The highest BCUT2D eigenvalue weighted by Gasteiger charge is 2.18. The number of benzene rings is 2. The Hall–Kier alpha value is -2.80. The highest BCUT2D eigenvalue weighted by Crippen LogP contribution is 2.20. The summed E-state index contributed by atoms with van der Waals surface area (Å²) >= 11 is 0. The van der Waals surface area contributed by atoms with Gasteiger partial charge in [-0.15, -0.1) is 0 Å². The third-order valence-corrected chi connectivity index (χ3v) is 3.59. The van der Waals surface area contributed by atoms with Crippen molar-refractivity contribution in [2.24, 2.45) is 0 Å². The second kappa shape index (κ2) is 7.18. The molecule has 0 aliphatic rings. The summed E-state index contributed by atoms with van der Waals surface area (Å²) in [4.78, 5) is 22.5. The van der Waals surface area contributed by atoms with E-state index in [1.807, 2.05) is 12.1 Å². The predicted molar refractivity (Wildman–Crippen MR) is 83.2 cm³/mol. The smallest absolute Gasteiger partial charge is 0.269 e. The average molecular weight is 389 g/mol. The standard InChI is InChI=1S/C17H12N2O4.BrH/c20-15-5-1-3-13-4-2-10-18(17(13)15)11-16(21)12-6-8-14(9-7-12)19(22)23;/h1-10H,11H2;1H. The summed E-state index contributed by atoms with van der Waals surface area (Å²) in [6.07, 6.45) is 1.71. The van der Waals surface area contributed by atoms with Crippen molar-refractivity contribution in [1.29, 1.82) is 0 Å². The minimum Gasteiger partial charge on any atom is -1.00 e. The van der Waals surface area contributed by atoms with Crippen molar-refractivity contribution in [3.8, 4) is 5.75 Å². The fourth-order valence-electron chi connectivity index (χ4n) is 2.47. The molecular weight excluding hydrogens is 376 g/mol. The van der Waals surface area contributed by atoms with Crippen molar-refractivity contribution in [2.45, 2.75) is 6.54 Å². The second-order valence-electron chi connectivity index (χ2n) is 5.08. The minimum absolute atomic E-state index is 0. The highest BCUT2D eigenvalue weighted by atomic mass is 79.9. The van der Waals surface area contributed by atoms with Gasteiger partial charge < -0.3 is 22.1 Å². The van der Waals surface area contributed by atoms with Crippen LogP contribution in [0.5, 0.6) is 5.75 Å². The number of rotatable bonds is 4. The lowest BCUT2D eigenvalue weighted by molar-refractivity contribution is -0.657. The van der Waals surface area contributed by atoms with E-state index in [0.29, 0.717) is 11.1 Å². The van der Waals surface area contributed by atoms with Crippen LogP contribution in [0.3, 0.4) is 0 Å². The van der Waals surface area contributed by atoms with Crippen molar-refractivity contribution in [3.05, 3.63) is 76.5 Å². The maximum Gasteiger partial charge on any atom is 0.269 e. The van der Waals surface area contributed by atoms with Crippen LogP contribution in [-0.2, 0) is 6.54 Å². The van der Waals surface area contributed by atoms with Gasteiger partial charge in [-0.2, -0.15) is 4.57 Å². The van der Waals surface area contributed by atoms with Gasteiger partial charge >= 0.3 is 0 Å². The molecule has 0 atom stereocenters. The van der Waals surface area contributed by atoms with Gasteiger partial charge in [0.05, 0.1) is 10.3 Å². The summed E-state index contributed by atoms with van der Waals surface area (Å²) in [6.45, 7) is 0.0344. The Morgan fingerprint density at radius 1 is 1.08 bits per heavy atom. The molecule has 1 heterocycles. The van der Waals surface area contributed by atoms with Gasteiger partial charge in [-0.1, -0.05) is 6.07 Å². The Bertz CT molecular complexity index is 905. The van der Waals surface area contributed by atoms with Crippen LogP contribution in [0.25, 0.3) is 10.9 Å². The quantitative estimate of drug-likeness (QED) is 0.286. The number of carbonyl (C=O) groups is 1. The van der Waals surface area contributed by atoms with Gasteiger partial charge in [-0.3, -0.25) is 14.9 Å². The molecule has 24 heavy (non-hydrogen) atoms. The van der Waals surface area contributed by atoms with Crippen LogP contribution < -0.4 is 21.5 Å². The molecule has 0 amide bonds. The fraction of sp³-hybridized carbons (Fsp3) is 0.0588. The van der Waals surface area contributed by atoms with Crippen LogP contribution in [0, 0.1) is 10.1 Å². The lowest BCUT2D eigenvalue weighted by Crippen LogP contribution is -3.00. The molecule has 7 heteroatoms. The minimum atomic E-state index is -0.508. The lowest BCUT2D eigenvalue weighted by Gasteiger charge is -2.03. The van der Waals surface area contributed by atoms with Gasteiger partial charge in [0.25, 0.3) is 11.2 Å². The Labute approximate surface area is 147 Å². The number of hydrogen-bond acceptors (Lipinski definition) is 4. The fourth-order valence-corrected chi connectivity index (χ4v) is 2.47. The maximum atomic E-state index is 12.4. The molecule has 0 radical (unpaired) electrons. The van der Waals surface area contributed by atoms with Gasteiger partial charge in [0.1, 0.15) is 0 Å². The molecule has 0 spiro atoms. The molecule has 1 aromatic heterocycles. The van der Waals surface area contributed by atoms with Gasteiger partial charge in [0.15, 0.2) is 11.9 Å². The number of aromatic nitrogens is 1. The first-order chi connectivity index (χ1) is 11.1. The number of phenolic OH excluding ortho intramolecular Hbond substituents is 1. The van der Waals surface area contributed by atoms with Crippen molar-refractivity contribution >= 4 is 22.4 Å². The van der Waals surface area contributed by atoms with Crippen LogP contribution in [0.2, 0.25) is 0 Å². The normalized spacial score (nSPS) is 10.2. The van der Waals surface area contributed by atoms with Crippen LogP contribution >= 0.6 is 0 Å². The van der Waals surface area contributed by atoms with Crippen molar-refractivity contribution in [2.75, 3.05) is 0 Å². The molecule has 0 bridgehead atoms. The summed E-state index contributed by atoms with van der Waals surface area (Å²) in [5.41, 5.74) is 0.901. The second-order valence-corrected chi connectivity index (χ2v) is 5.08. The van der Waals surface area contributed by atoms with E-state index in [0.717, 1.165) is 5.39 Å². The predicted octanol–water partition coefficient (Wildman–Crippen LogP) is -0.372. The molecule has 1 N–H and O–H groups in total. The zero-order valence-corrected chi connectivity index (χ0v) is 14.0. The third-order valence-electron chi connectivity index (χ3n) is 3.59. The first-order valence-electron chi connectivity index (χ1n) is 6.94. The number of nitro benzene ring substituents is 1. The van der Waals surface area contributed by atoms with Gasteiger partial charge in [-0.25, -0.2) is 0 Å². The van der Waals surface area contributed by atoms with Crippen LogP contribution in [-0.4, -0.2) is 15.8 Å². The number of Topliss-reactive ketones (excluding diaryl/α,β-unsaturated/α-hetero) is 1. The number of phenols is 1. The molecule has 0 aliphatic heterocycles. The van der Waals surface area contributed by atoms with Crippen LogP contribution in [0.1, 0.15) is 10.4 Å². The largest absolute Gasteiger partial charge is 1.00 e. The number of para-hydroxylation sites is 1. The Balaban J connectivity index is 0.00000208. The number of pyridine rings is 1. The molecule has 0 saturated heterocycles. The average Bonchev–Trinajstić information content (AvgIpc) is 2.55. The Morgan fingerprint density at radius 2 is 1.75 bits per heavy atom. The number of halogens is 1. The molecule has 0 unspecified atom stereocenters. The van der Waals surface area contributed by atoms with E-state index < -0.39 is 4.92 Å². The molecule has 3 aromatic rings. The van der Waals surface area contributed by atoms with E-state index in [4.69, 9.17) is 0 Å². The van der Waals surface area contributed by atoms with Gasteiger partial charge in [0, 0.05) is 23.8 Å². The molecule has 122 valence electrons. The van der Waals surface area contributed by atoms with Crippen molar-refractivity contribution < 1.29 is 36.4 Å². The lowest BCUT2D eigenvalue weighted by atomic mass is 10.1. The Kier molecular flexibility index (Phi) is 5.25. The number of ketones is 1. The van der Waals surface area contributed by atoms with Gasteiger partial charge in [0.2, 0.25) is 12.3 Å². The van der Waals surface area contributed by atoms with E-state index in [2.05, 4.69) is 0 Å². The van der Waals surface area contributed by atoms with Gasteiger partial charge in [-0.05, 0) is 30.3 Å². The first kappa shape index (κ1) is 17.6. The van der Waals surface area contributed by atoms with E-state index >= 15 is 0 Å². The van der Waals surface area contributed by atoms with E-state index in [-0.39, 0.29) is 40.7 Å². The van der Waals surface area contributed by atoms with E-state index in [1.165, 1.54) is 24.3 Å². The van der Waals surface area contributed by atoms with Crippen molar-refractivity contribution in [3.63, 3.8) is 0 Å². The summed E-state index contributed by atoms with van der Waals surface area (Å²) in [7, 11) is 0. The number of nitrogens with zero attached hydrogens (tertiary/aromatic N) is 2. The highest BCUT2D eigenvalue weighted by molar-refractivity contribution is 5.95. The molecular formula is C17H13BrN2O4. The topological polar surface area (TPSA) is 84.3 Å². The number of non-ortho nitro benzene ring substituents is 1. The zero-order chi connectivity index (χ0) is 16.4. The number of hydrogen-bond donors (Lipinski definition) is 1. The van der Waals surface area contributed by atoms with E-state index in [9.17, 15) is 20.0 Å². The summed E-state index contributed by atoms with van der Waals surface area (Å²) in [5.74, 6) is -0.0970. The monoisotopic (exact) mass is 388 g/mol. The number of aromatic hydroxyl groups is 1. The zero-order valence-electron chi connectivity index (χ0n) is 12.4. The SMILES string of the molecule is O=C(C[n+]1cccc2cccc(O)c21)c1ccc([N+](=O)[O-])cc1.[Br-]. The summed E-state index contributed by atoms with van der Waals surface area (Å²) in [5, 5.41) is 21.5. The van der Waals surface area contributed by atoms with Crippen LogP contribution in [0.4, 0.5) is 5.69 Å². The number of carbonyl (C=O) groups excluding carboxylic acids is 1. The first-order valence-corrected chi connectivity index (χ1v) is 6.94. The molecule has 0 saturated carbocycles. The maximum absolute atomic E-state index is 12.4. The van der Waals surface area contributed by atoms with Crippen LogP contribution in [0.15, 0.2) is 60.8 Å². The molecule has 6 nitrogen and oxygen atoms in total.